The minimum absolute atomic E-state index is 0.0336. The summed E-state index contributed by atoms with van der Waals surface area (Å²) in [6.45, 7) is 13.1. The van der Waals surface area contributed by atoms with Crippen molar-refractivity contribution in [2.45, 2.75) is 181 Å². The van der Waals surface area contributed by atoms with Gasteiger partial charge in [-0.2, -0.15) is 0 Å². The predicted octanol–water partition coefficient (Wildman–Crippen LogP) is 7.99. The quantitative estimate of drug-likeness (QED) is 0.204. The molecule has 2 bridgehead atoms. The second-order valence-corrected chi connectivity index (χ2v) is 17.8. The number of piperidine rings is 1. The molecule has 4 aliphatic rings. The fraction of sp³-hybridized carbons (Fsp3) is 0.778. The zero-order valence-electron chi connectivity index (χ0n) is 33.8. The number of carbonyl (C=O) groups excluding carboxylic acids is 2. The summed E-state index contributed by atoms with van der Waals surface area (Å²) in [5, 5.41) is 43.2. The van der Waals surface area contributed by atoms with E-state index in [-0.39, 0.29) is 65.8 Å². The summed E-state index contributed by atoms with van der Waals surface area (Å²) >= 11 is 0. The molecule has 4 rings (SSSR count). The molecule has 1 amide bonds. The number of ether oxygens (including phenoxy) is 1. The van der Waals surface area contributed by atoms with E-state index < -0.39 is 24.1 Å². The highest BCUT2D eigenvalue weighted by Crippen LogP contribution is 2.39. The average Bonchev–Trinajstić information content (AvgIpc) is 3.11. The Hall–Kier alpha value is -2.10. The largest absolute Gasteiger partial charge is 0.393 e. The van der Waals surface area contributed by atoms with Crippen LogP contribution in [0.2, 0.25) is 0 Å². The van der Waals surface area contributed by atoms with Gasteiger partial charge in [-0.3, -0.25) is 9.59 Å². The minimum atomic E-state index is -1.50. The molecule has 3 heterocycles. The van der Waals surface area contributed by atoms with Gasteiger partial charge in [0, 0.05) is 30.8 Å². The maximum atomic E-state index is 14.1. The van der Waals surface area contributed by atoms with E-state index >= 15 is 0 Å². The SMILES string of the molecule is C\C1=C/C=C/C=C/[C@@H](C)C[C@@H](C)C(=O)C[C@@H](/C(C)=C/CC(O)[C@H](C)C[C@@H]2CC[C@@H](O)[C@H](O)C2)CC2CCCCN2C(=O)C[C@]2(O)O[C@H](CC1)CC[C@H]2C. The normalized spacial score (nSPS) is 39.7. The first-order chi connectivity index (χ1) is 25.1. The summed E-state index contributed by atoms with van der Waals surface area (Å²) < 4.78 is 6.38. The second kappa shape index (κ2) is 20.7. The zero-order chi connectivity index (χ0) is 38.7. The molecule has 2 saturated heterocycles. The fourth-order valence-electron chi connectivity index (χ4n) is 9.23. The molecular formula is C45H73NO7. The van der Waals surface area contributed by atoms with Crippen LogP contribution in [0.15, 0.2) is 47.6 Å². The van der Waals surface area contributed by atoms with E-state index in [0.29, 0.717) is 38.6 Å². The molecule has 2 unspecified atom stereocenters. The number of ketones is 1. The number of rotatable bonds is 6. The first kappa shape index (κ1) is 43.6. The molecule has 4 N–H and O–H groups in total. The molecule has 300 valence electrons. The number of Topliss-reactive ketones (excluding diaryl/α,β-unsaturated/α-hetero) is 1. The van der Waals surface area contributed by atoms with Crippen molar-refractivity contribution in [3.63, 3.8) is 0 Å². The van der Waals surface area contributed by atoms with Crippen LogP contribution in [0.1, 0.15) is 144 Å². The second-order valence-electron chi connectivity index (χ2n) is 17.8. The van der Waals surface area contributed by atoms with E-state index in [9.17, 15) is 30.0 Å². The Morgan fingerprint density at radius 3 is 2.51 bits per heavy atom. The van der Waals surface area contributed by atoms with Gasteiger partial charge >= 0.3 is 0 Å². The van der Waals surface area contributed by atoms with Crippen LogP contribution in [0.5, 0.6) is 0 Å². The number of hydrogen-bond donors (Lipinski definition) is 4. The van der Waals surface area contributed by atoms with Gasteiger partial charge in [0.25, 0.3) is 0 Å². The van der Waals surface area contributed by atoms with Crippen molar-refractivity contribution in [3.05, 3.63) is 47.6 Å². The van der Waals surface area contributed by atoms with Crippen LogP contribution in [0.3, 0.4) is 0 Å². The van der Waals surface area contributed by atoms with Crippen LogP contribution < -0.4 is 0 Å². The highest BCUT2D eigenvalue weighted by atomic mass is 16.6. The summed E-state index contributed by atoms with van der Waals surface area (Å²) in [6, 6.07) is -0.0396. The Morgan fingerprint density at radius 2 is 1.75 bits per heavy atom. The number of aliphatic hydroxyl groups is 4. The Balaban J connectivity index is 1.55. The van der Waals surface area contributed by atoms with Crippen molar-refractivity contribution in [3.8, 4) is 0 Å². The summed E-state index contributed by atoms with van der Waals surface area (Å²) in [5.41, 5.74) is 2.32. The van der Waals surface area contributed by atoms with E-state index in [0.717, 1.165) is 69.8 Å². The Kier molecular flexibility index (Phi) is 17.0. The van der Waals surface area contributed by atoms with E-state index in [1.807, 2.05) is 24.8 Å². The van der Waals surface area contributed by atoms with Gasteiger partial charge in [0.2, 0.25) is 5.91 Å². The van der Waals surface area contributed by atoms with Crippen LogP contribution in [-0.2, 0) is 14.3 Å². The van der Waals surface area contributed by atoms with Gasteiger partial charge in [-0.1, -0.05) is 75.3 Å². The molecule has 0 radical (unpaired) electrons. The molecule has 1 aliphatic carbocycles. The first-order valence-corrected chi connectivity index (χ1v) is 21.1. The van der Waals surface area contributed by atoms with Crippen molar-refractivity contribution >= 4 is 11.7 Å². The van der Waals surface area contributed by atoms with Crippen molar-refractivity contribution in [2.24, 2.45) is 35.5 Å². The van der Waals surface area contributed by atoms with Gasteiger partial charge in [0.1, 0.15) is 5.78 Å². The molecule has 3 aliphatic heterocycles. The molecule has 8 heteroatoms. The lowest BCUT2D eigenvalue weighted by atomic mass is 9.78. The van der Waals surface area contributed by atoms with Gasteiger partial charge in [0.15, 0.2) is 5.79 Å². The average molecular weight is 740 g/mol. The van der Waals surface area contributed by atoms with E-state index in [4.69, 9.17) is 4.74 Å². The number of aliphatic hydroxyl groups excluding tert-OH is 3. The number of amides is 1. The summed E-state index contributed by atoms with van der Waals surface area (Å²) in [5.74, 6) is -1.11. The number of hydrogen-bond acceptors (Lipinski definition) is 7. The van der Waals surface area contributed by atoms with E-state index in [1.165, 1.54) is 5.57 Å². The number of carbonyl (C=O) groups is 2. The Labute approximate surface area is 320 Å². The van der Waals surface area contributed by atoms with Gasteiger partial charge < -0.3 is 30.1 Å². The summed E-state index contributed by atoms with van der Waals surface area (Å²) in [6.07, 6.45) is 21.8. The summed E-state index contributed by atoms with van der Waals surface area (Å²) in [7, 11) is 0. The van der Waals surface area contributed by atoms with Crippen molar-refractivity contribution in [1.29, 1.82) is 0 Å². The van der Waals surface area contributed by atoms with Crippen molar-refractivity contribution in [1.82, 2.24) is 4.90 Å². The third-order valence-electron chi connectivity index (χ3n) is 13.2. The smallest absolute Gasteiger partial charge is 0.228 e. The highest BCUT2D eigenvalue weighted by Gasteiger charge is 2.45. The zero-order valence-corrected chi connectivity index (χ0v) is 33.8. The lowest BCUT2D eigenvalue weighted by molar-refractivity contribution is -0.281. The van der Waals surface area contributed by atoms with Gasteiger partial charge in [-0.25, -0.2) is 0 Å². The van der Waals surface area contributed by atoms with Crippen LogP contribution in [0.25, 0.3) is 0 Å². The fourth-order valence-corrected chi connectivity index (χ4v) is 9.23. The highest BCUT2D eigenvalue weighted by molar-refractivity contribution is 5.81. The lowest BCUT2D eigenvalue weighted by Gasteiger charge is -2.44. The minimum Gasteiger partial charge on any atom is -0.393 e. The molecule has 53 heavy (non-hydrogen) atoms. The number of fused-ring (bicyclic) bond motifs is 3. The third kappa shape index (κ3) is 13.3. The molecule has 0 aromatic heterocycles. The third-order valence-corrected chi connectivity index (χ3v) is 13.2. The lowest BCUT2D eigenvalue weighted by Crippen LogP contribution is -2.52. The van der Waals surface area contributed by atoms with Crippen molar-refractivity contribution in [2.75, 3.05) is 6.54 Å². The van der Waals surface area contributed by atoms with Crippen molar-refractivity contribution < 1.29 is 34.8 Å². The maximum absolute atomic E-state index is 14.1. The van der Waals surface area contributed by atoms with Crippen LogP contribution >= 0.6 is 0 Å². The summed E-state index contributed by atoms with van der Waals surface area (Å²) in [4.78, 5) is 30.0. The predicted molar refractivity (Wildman–Crippen MR) is 212 cm³/mol. The topological polar surface area (TPSA) is 128 Å². The monoisotopic (exact) mass is 740 g/mol. The standard InChI is InChI=1S/C45H73NO7/c1-30-12-8-7-9-13-31(2)24-33(4)42(49)28-37(32(3)16-21-40(47)34(5)25-36-18-22-41(48)43(50)26-36)27-38-14-10-11-23-46(38)44(51)29-45(52)35(6)17-20-39(53-45)19-15-30/h7-9,12-13,16,31,33-41,43,47-48,50,52H,10-11,14-15,17-29H2,1-6H3/b8-7+,13-9+,30-12+,32-16+/t31-,33-,34-,35-,36+,37+,38?,39-,40?,41-,43-,45+/m1/s1. The van der Waals surface area contributed by atoms with Crippen LogP contribution in [0, 0.1) is 35.5 Å². The molecule has 0 aromatic carbocycles. The molecule has 1 saturated carbocycles. The van der Waals surface area contributed by atoms with Gasteiger partial charge in [0.05, 0.1) is 30.8 Å². The first-order valence-electron chi connectivity index (χ1n) is 21.1. The van der Waals surface area contributed by atoms with Gasteiger partial charge in [-0.05, 0) is 127 Å². The van der Waals surface area contributed by atoms with E-state index in [1.54, 1.807) is 0 Å². The Bertz CT molecular complexity index is 1310. The molecule has 0 spiro atoms. The number of nitrogens with zero attached hydrogens (tertiary/aromatic N) is 1. The van der Waals surface area contributed by atoms with Crippen LogP contribution in [0.4, 0.5) is 0 Å². The molecular weight excluding hydrogens is 666 g/mol. The molecule has 12 atom stereocenters. The molecule has 8 nitrogen and oxygen atoms in total. The van der Waals surface area contributed by atoms with Gasteiger partial charge in [-0.15, -0.1) is 0 Å². The number of allylic oxidation sites excluding steroid dienone is 7. The molecule has 3 fully saturated rings. The Morgan fingerprint density at radius 1 is 0.981 bits per heavy atom. The molecule has 0 aromatic rings. The van der Waals surface area contributed by atoms with Crippen LogP contribution in [-0.4, -0.2) is 79.8 Å². The maximum Gasteiger partial charge on any atom is 0.228 e. The van der Waals surface area contributed by atoms with E-state index in [2.05, 4.69) is 58.1 Å².